The van der Waals surface area contributed by atoms with E-state index in [-0.39, 0.29) is 5.57 Å². The van der Waals surface area contributed by atoms with Gasteiger partial charge in [0.1, 0.15) is 18.2 Å². The SMILES string of the molecule is COc1cc(/C=C(\C#N)C(=O)n2nc(C)cc2C)cc(Br)c1OCc1ccccc1. The molecule has 1 aromatic heterocycles. The van der Waals surface area contributed by atoms with Crippen molar-refractivity contribution < 1.29 is 14.3 Å². The van der Waals surface area contributed by atoms with Gasteiger partial charge in [0.05, 0.1) is 17.3 Å². The lowest BCUT2D eigenvalue weighted by atomic mass is 10.1. The number of hydrogen-bond donors (Lipinski definition) is 0. The highest BCUT2D eigenvalue weighted by Crippen LogP contribution is 2.37. The number of benzene rings is 2. The highest BCUT2D eigenvalue weighted by molar-refractivity contribution is 9.10. The average Bonchev–Trinajstić information content (AvgIpc) is 3.09. The molecular formula is C23H20BrN3O3. The first-order chi connectivity index (χ1) is 14.4. The van der Waals surface area contributed by atoms with Crippen LogP contribution < -0.4 is 9.47 Å². The molecule has 7 heteroatoms. The van der Waals surface area contributed by atoms with E-state index >= 15 is 0 Å². The van der Waals surface area contributed by atoms with Crippen LogP contribution in [-0.4, -0.2) is 22.8 Å². The number of hydrogen-bond acceptors (Lipinski definition) is 5. The molecule has 0 bridgehead atoms. The molecule has 2 aromatic carbocycles. The van der Waals surface area contributed by atoms with Crippen LogP contribution in [0.4, 0.5) is 0 Å². The van der Waals surface area contributed by atoms with Gasteiger partial charge in [-0.3, -0.25) is 4.79 Å². The number of carbonyl (C=O) groups excluding carboxylic acids is 1. The zero-order valence-electron chi connectivity index (χ0n) is 16.8. The summed E-state index contributed by atoms with van der Waals surface area (Å²) in [6, 6.07) is 17.0. The summed E-state index contributed by atoms with van der Waals surface area (Å²) in [6.07, 6.45) is 1.51. The van der Waals surface area contributed by atoms with Gasteiger partial charge in [0.2, 0.25) is 0 Å². The van der Waals surface area contributed by atoms with Crippen LogP contribution in [-0.2, 0) is 6.61 Å². The summed E-state index contributed by atoms with van der Waals surface area (Å²) in [5.41, 5.74) is 2.99. The van der Waals surface area contributed by atoms with E-state index in [0.717, 1.165) is 5.56 Å². The van der Waals surface area contributed by atoms with E-state index in [1.807, 2.05) is 36.4 Å². The van der Waals surface area contributed by atoms with Gasteiger partial charge < -0.3 is 9.47 Å². The van der Waals surface area contributed by atoms with Crippen molar-refractivity contribution in [2.75, 3.05) is 7.11 Å². The Kier molecular flexibility index (Phi) is 6.70. The number of rotatable bonds is 6. The number of carbonyl (C=O) groups is 1. The Morgan fingerprint density at radius 3 is 2.57 bits per heavy atom. The molecule has 0 amide bonds. The van der Waals surface area contributed by atoms with Crippen LogP contribution in [0.15, 0.2) is 58.6 Å². The minimum atomic E-state index is -0.484. The summed E-state index contributed by atoms with van der Waals surface area (Å²) >= 11 is 3.50. The molecule has 152 valence electrons. The third kappa shape index (κ3) is 4.78. The van der Waals surface area contributed by atoms with Gasteiger partial charge in [0.25, 0.3) is 5.91 Å². The van der Waals surface area contributed by atoms with E-state index in [2.05, 4.69) is 21.0 Å². The van der Waals surface area contributed by atoms with E-state index in [4.69, 9.17) is 9.47 Å². The van der Waals surface area contributed by atoms with Crippen molar-refractivity contribution in [2.45, 2.75) is 20.5 Å². The van der Waals surface area contributed by atoms with Crippen molar-refractivity contribution >= 4 is 27.9 Å². The fourth-order valence-corrected chi connectivity index (χ4v) is 3.52. The van der Waals surface area contributed by atoms with Gasteiger partial charge in [0, 0.05) is 5.69 Å². The maximum Gasteiger partial charge on any atom is 0.289 e. The maximum absolute atomic E-state index is 12.7. The Morgan fingerprint density at radius 1 is 1.23 bits per heavy atom. The normalized spacial score (nSPS) is 11.1. The van der Waals surface area contributed by atoms with E-state index in [9.17, 15) is 10.1 Å². The van der Waals surface area contributed by atoms with Crippen LogP contribution in [0.2, 0.25) is 0 Å². The first-order valence-corrected chi connectivity index (χ1v) is 9.96. The molecule has 6 nitrogen and oxygen atoms in total. The van der Waals surface area contributed by atoms with Crippen molar-refractivity contribution in [2.24, 2.45) is 0 Å². The van der Waals surface area contributed by atoms with Crippen molar-refractivity contribution in [1.29, 1.82) is 5.26 Å². The van der Waals surface area contributed by atoms with Crippen molar-refractivity contribution in [3.8, 4) is 17.6 Å². The number of aryl methyl sites for hydroxylation is 2. The fraction of sp³-hybridized carbons (Fsp3) is 0.174. The predicted molar refractivity (Wildman–Crippen MR) is 117 cm³/mol. The van der Waals surface area contributed by atoms with Crippen LogP contribution in [0, 0.1) is 25.2 Å². The lowest BCUT2D eigenvalue weighted by Gasteiger charge is -2.14. The third-order valence-corrected chi connectivity index (χ3v) is 4.93. The average molecular weight is 466 g/mol. The van der Waals surface area contributed by atoms with Gasteiger partial charge in [-0.2, -0.15) is 10.4 Å². The van der Waals surface area contributed by atoms with Crippen LogP contribution >= 0.6 is 15.9 Å². The first kappa shape index (κ1) is 21.3. The zero-order chi connectivity index (χ0) is 21.7. The van der Waals surface area contributed by atoms with Crippen LogP contribution in [0.1, 0.15) is 27.3 Å². The largest absolute Gasteiger partial charge is 0.493 e. The number of ether oxygens (including phenoxy) is 2. The van der Waals surface area contributed by atoms with Gasteiger partial charge in [-0.25, -0.2) is 4.68 Å². The molecule has 3 rings (SSSR count). The Balaban J connectivity index is 1.90. The van der Waals surface area contributed by atoms with Crippen molar-refractivity contribution in [3.63, 3.8) is 0 Å². The number of nitrogens with zero attached hydrogens (tertiary/aromatic N) is 3. The molecule has 3 aromatic rings. The fourth-order valence-electron chi connectivity index (χ4n) is 2.95. The standard InChI is InChI=1S/C23H20BrN3O3/c1-15-9-16(2)27(26-15)23(28)19(13-25)10-18-11-20(24)22(21(12-18)29-3)30-14-17-7-5-4-6-8-17/h4-12H,14H2,1-3H3/b19-10+. The van der Waals surface area contributed by atoms with Crippen molar-refractivity contribution in [3.05, 3.63) is 81.1 Å². The third-order valence-electron chi connectivity index (χ3n) is 4.34. The Hall–Kier alpha value is -3.37. The molecule has 0 unspecified atom stereocenters. The van der Waals surface area contributed by atoms with Crippen molar-refractivity contribution in [1.82, 2.24) is 9.78 Å². The van der Waals surface area contributed by atoms with Crippen LogP contribution in [0.25, 0.3) is 6.08 Å². The molecule has 30 heavy (non-hydrogen) atoms. The number of methoxy groups -OCH3 is 1. The molecule has 1 heterocycles. The molecule has 0 aliphatic carbocycles. The molecular weight excluding hydrogens is 446 g/mol. The summed E-state index contributed by atoms with van der Waals surface area (Å²) < 4.78 is 13.3. The van der Waals surface area contributed by atoms with Gasteiger partial charge in [-0.05, 0) is 65.2 Å². The molecule has 0 saturated heterocycles. The zero-order valence-corrected chi connectivity index (χ0v) is 18.4. The van der Waals surface area contributed by atoms with E-state index in [1.54, 1.807) is 32.0 Å². The van der Waals surface area contributed by atoms with E-state index in [1.165, 1.54) is 17.9 Å². The molecule has 0 atom stereocenters. The highest BCUT2D eigenvalue weighted by atomic mass is 79.9. The molecule has 0 radical (unpaired) electrons. The summed E-state index contributed by atoms with van der Waals surface area (Å²) in [7, 11) is 1.54. The van der Waals surface area contributed by atoms with Gasteiger partial charge in [0.15, 0.2) is 11.5 Å². The maximum atomic E-state index is 12.7. The molecule has 0 aliphatic heterocycles. The molecule has 0 aliphatic rings. The second-order valence-corrected chi connectivity index (χ2v) is 7.48. The van der Waals surface area contributed by atoms with Gasteiger partial charge in [-0.1, -0.05) is 30.3 Å². The summed E-state index contributed by atoms with van der Waals surface area (Å²) in [5, 5.41) is 13.7. The Bertz CT molecular complexity index is 1140. The molecule has 0 saturated carbocycles. The molecule has 0 fully saturated rings. The summed E-state index contributed by atoms with van der Waals surface area (Å²) in [4.78, 5) is 12.7. The van der Waals surface area contributed by atoms with Crippen LogP contribution in [0.3, 0.4) is 0 Å². The second kappa shape index (κ2) is 9.42. The number of allylic oxidation sites excluding steroid dienone is 1. The highest BCUT2D eigenvalue weighted by Gasteiger charge is 2.17. The lowest BCUT2D eigenvalue weighted by Crippen LogP contribution is -2.15. The summed E-state index contributed by atoms with van der Waals surface area (Å²) in [6.45, 7) is 3.94. The smallest absolute Gasteiger partial charge is 0.289 e. The Labute approximate surface area is 183 Å². The second-order valence-electron chi connectivity index (χ2n) is 6.62. The van der Waals surface area contributed by atoms with E-state index < -0.39 is 5.91 Å². The summed E-state index contributed by atoms with van der Waals surface area (Å²) in [5.74, 6) is 0.548. The monoisotopic (exact) mass is 465 g/mol. The quantitative estimate of drug-likeness (QED) is 0.373. The van der Waals surface area contributed by atoms with E-state index in [0.29, 0.717) is 39.5 Å². The number of aromatic nitrogens is 2. The topological polar surface area (TPSA) is 77.1 Å². The van der Waals surface area contributed by atoms with Gasteiger partial charge >= 0.3 is 0 Å². The number of halogens is 1. The van der Waals surface area contributed by atoms with Crippen LogP contribution in [0.5, 0.6) is 11.5 Å². The minimum Gasteiger partial charge on any atom is -0.493 e. The number of nitriles is 1. The first-order valence-electron chi connectivity index (χ1n) is 9.17. The predicted octanol–water partition coefficient (Wildman–Crippen LogP) is 5.10. The lowest BCUT2D eigenvalue weighted by molar-refractivity contribution is 0.0943. The minimum absolute atomic E-state index is 0.0342. The van der Waals surface area contributed by atoms with Gasteiger partial charge in [-0.15, -0.1) is 0 Å². The molecule has 0 spiro atoms. The Morgan fingerprint density at radius 2 is 1.97 bits per heavy atom. The molecule has 0 N–H and O–H groups in total.